The van der Waals surface area contributed by atoms with Crippen LogP contribution in [0.3, 0.4) is 0 Å². The minimum absolute atomic E-state index is 0.00421. The second-order valence-electron chi connectivity index (χ2n) is 25.0. The van der Waals surface area contributed by atoms with E-state index in [9.17, 15) is 0 Å². The third kappa shape index (κ3) is 9.10. The van der Waals surface area contributed by atoms with E-state index in [4.69, 9.17) is 11.3 Å². The highest BCUT2D eigenvalue weighted by Crippen LogP contribution is 2.59. The molecule has 6 rings (SSSR count). The SMILES string of the molecule is C=C1C=C2/C(=C(/c3cc(C(C)(C)C)cc(C(C)(C)C)c3)CCCC1)C=C(C)C2[Si](C)(C)C1C(C)=Cc2c1cc(C(C)(C)C)c(OC)c2-c1cc(C(C)(C)C)cc(C(C)(C)C)c1. The van der Waals surface area contributed by atoms with Crippen molar-refractivity contribution in [2.75, 3.05) is 7.11 Å². The molecule has 2 unspecified atom stereocenters. The number of methoxy groups -OCH3 is 1. The average molecular weight is 835 g/mol. The molecule has 3 aromatic carbocycles. The summed E-state index contributed by atoms with van der Waals surface area (Å²) in [6.45, 7) is 50.3. The number of hydrogen-bond acceptors (Lipinski definition) is 1. The Bertz CT molecular complexity index is 2300. The molecule has 3 aliphatic rings. The molecule has 1 nitrogen and oxygen atoms in total. The van der Waals surface area contributed by atoms with Crippen molar-refractivity contribution in [2.24, 2.45) is 0 Å². The number of hydrogen-bond donors (Lipinski definition) is 0. The van der Waals surface area contributed by atoms with Gasteiger partial charge in [-0.3, -0.25) is 0 Å². The Hall–Kier alpha value is -3.62. The van der Waals surface area contributed by atoms with Crippen molar-refractivity contribution in [1.82, 2.24) is 0 Å². The molecule has 61 heavy (non-hydrogen) atoms. The number of rotatable bonds is 5. The maximum Gasteiger partial charge on any atom is 0.131 e. The molecule has 0 aromatic heterocycles. The fourth-order valence-corrected chi connectivity index (χ4v) is 15.7. The van der Waals surface area contributed by atoms with E-state index in [0.29, 0.717) is 11.1 Å². The van der Waals surface area contributed by atoms with Crippen LogP contribution < -0.4 is 4.74 Å². The lowest BCUT2D eigenvalue weighted by molar-refractivity contribution is 0.399. The van der Waals surface area contributed by atoms with Crippen LogP contribution in [-0.4, -0.2) is 15.2 Å². The fourth-order valence-electron chi connectivity index (χ4n) is 10.8. The molecule has 0 heterocycles. The molecule has 0 aliphatic heterocycles. The molecule has 2 atom stereocenters. The van der Waals surface area contributed by atoms with Crippen molar-refractivity contribution in [3.63, 3.8) is 0 Å². The molecule has 0 saturated heterocycles. The molecular formula is C59H82OSi. The summed E-state index contributed by atoms with van der Waals surface area (Å²) in [4.78, 5) is 0. The van der Waals surface area contributed by atoms with Crippen molar-refractivity contribution in [3.8, 4) is 16.9 Å². The number of ether oxygens (including phenoxy) is 1. The van der Waals surface area contributed by atoms with E-state index in [-0.39, 0.29) is 27.1 Å². The van der Waals surface area contributed by atoms with E-state index in [1.807, 2.05) is 7.11 Å². The minimum atomic E-state index is -2.26. The second-order valence-corrected chi connectivity index (χ2v) is 29.8. The van der Waals surface area contributed by atoms with E-state index >= 15 is 0 Å². The van der Waals surface area contributed by atoms with Crippen LogP contribution >= 0.6 is 0 Å². The van der Waals surface area contributed by atoms with Crippen molar-refractivity contribution in [1.29, 1.82) is 0 Å². The molecule has 2 heteroatoms. The fraction of sp³-hybridized carbons (Fsp3) is 0.525. The van der Waals surface area contributed by atoms with Crippen LogP contribution in [0.25, 0.3) is 22.8 Å². The Balaban J connectivity index is 1.62. The topological polar surface area (TPSA) is 9.23 Å². The zero-order valence-electron chi connectivity index (χ0n) is 42.4. The third-order valence-electron chi connectivity index (χ3n) is 14.3. The summed E-state index contributed by atoms with van der Waals surface area (Å²) >= 11 is 0. The monoisotopic (exact) mass is 835 g/mol. The summed E-state index contributed by atoms with van der Waals surface area (Å²) in [5.74, 6) is 1.02. The first-order chi connectivity index (χ1) is 27.8. The summed E-state index contributed by atoms with van der Waals surface area (Å²) in [5, 5.41) is 0. The van der Waals surface area contributed by atoms with E-state index in [0.717, 1.165) is 18.6 Å². The quantitative estimate of drug-likeness (QED) is 0.233. The lowest BCUT2D eigenvalue weighted by Gasteiger charge is -2.40. The summed E-state index contributed by atoms with van der Waals surface area (Å²) in [6.07, 6.45) is 12.2. The summed E-state index contributed by atoms with van der Waals surface area (Å²) < 4.78 is 6.59. The van der Waals surface area contributed by atoms with E-state index in [1.54, 1.807) is 0 Å². The predicted octanol–water partition coefficient (Wildman–Crippen LogP) is 17.4. The predicted molar refractivity (Wildman–Crippen MR) is 272 cm³/mol. The van der Waals surface area contributed by atoms with Crippen LogP contribution in [0.1, 0.15) is 193 Å². The van der Waals surface area contributed by atoms with Gasteiger partial charge in [0.15, 0.2) is 0 Å². The first kappa shape index (κ1) is 46.9. The van der Waals surface area contributed by atoms with Gasteiger partial charge in [0.25, 0.3) is 0 Å². The molecule has 0 fully saturated rings. The van der Waals surface area contributed by atoms with E-state index < -0.39 is 8.07 Å². The van der Waals surface area contributed by atoms with Crippen LogP contribution in [0.5, 0.6) is 5.75 Å². The molecule has 0 bridgehead atoms. The standard InChI is InChI=1S/C59H82OSi/c1-36-24-22-23-25-45(39-29-41(55(4,5)6)33-42(30-39)56(7,8)9)46-27-37(2)53(48(46)26-36)61(20,21)54-38(3)28-47-49(54)35-50(59(16,17)18)52(60-19)51(47)40-31-43(57(10,11)12)34-44(32-40)58(13,14)15/h26-35,53-54H,1,22-25H2,2-21H3/b46-45+,48-26?. The number of fused-ring (bicyclic) bond motifs is 2. The number of allylic oxidation sites excluding steroid dienone is 8. The first-order valence-electron chi connectivity index (χ1n) is 23.4. The first-order valence-corrected chi connectivity index (χ1v) is 26.6. The summed E-state index contributed by atoms with van der Waals surface area (Å²) in [7, 11) is -0.370. The molecular weight excluding hydrogens is 753 g/mol. The maximum absolute atomic E-state index is 6.59. The minimum Gasteiger partial charge on any atom is -0.496 e. The van der Waals surface area contributed by atoms with Crippen molar-refractivity contribution < 1.29 is 4.74 Å². The molecule has 3 aromatic rings. The van der Waals surface area contributed by atoms with Gasteiger partial charge >= 0.3 is 0 Å². The van der Waals surface area contributed by atoms with Crippen molar-refractivity contribution >= 4 is 19.7 Å². The van der Waals surface area contributed by atoms with Gasteiger partial charge in [0.05, 0.1) is 15.2 Å². The normalized spacial score (nSPS) is 20.7. The van der Waals surface area contributed by atoms with Gasteiger partial charge in [-0.25, -0.2) is 0 Å². The molecule has 0 N–H and O–H groups in total. The molecule has 0 amide bonds. The largest absolute Gasteiger partial charge is 0.496 e. The van der Waals surface area contributed by atoms with Gasteiger partial charge in [-0.05, 0) is 128 Å². The highest BCUT2D eigenvalue weighted by molar-refractivity contribution is 6.82. The van der Waals surface area contributed by atoms with Gasteiger partial charge in [0.1, 0.15) is 5.75 Å². The average Bonchev–Trinajstić information content (AvgIpc) is 3.65. The van der Waals surface area contributed by atoms with Crippen molar-refractivity contribution in [3.05, 3.63) is 134 Å². The molecule has 328 valence electrons. The Morgan fingerprint density at radius 3 is 1.48 bits per heavy atom. The highest BCUT2D eigenvalue weighted by Gasteiger charge is 2.49. The van der Waals surface area contributed by atoms with Gasteiger partial charge in [-0.1, -0.05) is 201 Å². The number of benzene rings is 3. The Morgan fingerprint density at radius 2 is 1.02 bits per heavy atom. The van der Waals surface area contributed by atoms with Gasteiger partial charge < -0.3 is 4.74 Å². The summed E-state index contributed by atoms with van der Waals surface area (Å²) in [5.41, 5.74) is 23.2. The molecule has 0 radical (unpaired) electrons. The molecule has 0 saturated carbocycles. The van der Waals surface area contributed by atoms with E-state index in [2.05, 4.69) is 191 Å². The second kappa shape index (κ2) is 15.9. The van der Waals surface area contributed by atoms with Crippen LogP contribution in [0, 0.1) is 0 Å². The summed E-state index contributed by atoms with van der Waals surface area (Å²) in [6, 6.07) is 17.5. The van der Waals surface area contributed by atoms with Gasteiger partial charge in [-0.15, -0.1) is 0 Å². The van der Waals surface area contributed by atoms with Crippen LogP contribution in [0.4, 0.5) is 0 Å². The van der Waals surface area contributed by atoms with Gasteiger partial charge in [0.2, 0.25) is 0 Å². The van der Waals surface area contributed by atoms with Gasteiger partial charge in [0, 0.05) is 22.2 Å². The lowest BCUT2D eigenvalue weighted by atomic mass is 9.77. The Morgan fingerprint density at radius 1 is 0.557 bits per heavy atom. The maximum atomic E-state index is 6.59. The van der Waals surface area contributed by atoms with Crippen LogP contribution in [-0.2, 0) is 27.1 Å². The Kier molecular flexibility index (Phi) is 12.2. The third-order valence-corrected chi connectivity index (χ3v) is 18.8. The molecule has 3 aliphatic carbocycles. The smallest absolute Gasteiger partial charge is 0.131 e. The molecule has 0 spiro atoms. The van der Waals surface area contributed by atoms with Gasteiger partial charge in [-0.2, -0.15) is 0 Å². The van der Waals surface area contributed by atoms with E-state index in [1.165, 1.54) is 102 Å². The van der Waals surface area contributed by atoms with Crippen LogP contribution in [0.2, 0.25) is 18.6 Å². The highest BCUT2D eigenvalue weighted by atomic mass is 28.3. The zero-order chi connectivity index (χ0) is 45.6. The Labute approximate surface area is 375 Å². The van der Waals surface area contributed by atoms with Crippen LogP contribution in [0.15, 0.2) is 89.1 Å². The lowest BCUT2D eigenvalue weighted by Crippen LogP contribution is -2.41. The van der Waals surface area contributed by atoms with Crippen molar-refractivity contribution in [2.45, 2.75) is 195 Å². The zero-order valence-corrected chi connectivity index (χ0v) is 43.4.